The lowest BCUT2D eigenvalue weighted by Gasteiger charge is -2.13. The molecule has 0 fully saturated rings. The molecule has 7 heteroatoms. The predicted molar refractivity (Wildman–Crippen MR) is 84.4 cm³/mol. The van der Waals surface area contributed by atoms with Crippen molar-refractivity contribution in [2.24, 2.45) is 0 Å². The summed E-state index contributed by atoms with van der Waals surface area (Å²) in [5.41, 5.74) is 1.33. The molecule has 21 heavy (non-hydrogen) atoms. The van der Waals surface area contributed by atoms with Crippen LogP contribution in [-0.4, -0.2) is 13.5 Å². The van der Waals surface area contributed by atoms with E-state index in [0.717, 1.165) is 0 Å². The van der Waals surface area contributed by atoms with Crippen LogP contribution in [-0.2, 0) is 16.6 Å². The first kappa shape index (κ1) is 16.1. The van der Waals surface area contributed by atoms with Crippen LogP contribution in [0.2, 0.25) is 10.0 Å². The molecule has 0 aromatic heterocycles. The first-order chi connectivity index (χ1) is 9.83. The molecule has 0 saturated carbocycles. The number of sulfonamides is 1. The highest BCUT2D eigenvalue weighted by Crippen LogP contribution is 2.26. The molecule has 2 rings (SSSR count). The van der Waals surface area contributed by atoms with Crippen molar-refractivity contribution < 1.29 is 13.5 Å². The van der Waals surface area contributed by atoms with Gasteiger partial charge in [-0.15, -0.1) is 0 Å². The molecule has 0 amide bonds. The minimum absolute atomic E-state index is 0.0361. The number of hydrogen-bond acceptors (Lipinski definition) is 3. The molecule has 2 aromatic carbocycles. The summed E-state index contributed by atoms with van der Waals surface area (Å²) in [5.74, 6) is 0. The van der Waals surface area contributed by atoms with Gasteiger partial charge in [0.05, 0.1) is 11.5 Å². The normalized spacial score (nSPS) is 11.4. The molecule has 0 aliphatic carbocycles. The number of benzene rings is 2. The number of nitrogens with one attached hydrogen (secondary N) is 1. The van der Waals surface area contributed by atoms with Crippen LogP contribution in [0.4, 0.5) is 5.69 Å². The second kappa shape index (κ2) is 6.23. The van der Waals surface area contributed by atoms with Crippen LogP contribution < -0.4 is 4.72 Å². The standard InChI is InChI=1S/C14H13Cl2NO3S/c1-9-10(8-18)6-12(16)7-14(9)21(19,20)17-13-4-2-11(15)3-5-13/h2-7,17-18H,8H2,1H3. The summed E-state index contributed by atoms with van der Waals surface area (Å²) in [7, 11) is -3.80. The predicted octanol–water partition coefficient (Wildman–Crippen LogP) is 3.59. The zero-order chi connectivity index (χ0) is 15.6. The van der Waals surface area contributed by atoms with Crippen LogP contribution >= 0.6 is 23.2 Å². The smallest absolute Gasteiger partial charge is 0.262 e. The number of aliphatic hydroxyl groups is 1. The zero-order valence-corrected chi connectivity index (χ0v) is 13.4. The Balaban J connectivity index is 2.44. The molecular formula is C14H13Cl2NO3S. The van der Waals surface area contributed by atoms with Gasteiger partial charge in [-0.05, 0) is 54.4 Å². The molecule has 0 aliphatic rings. The van der Waals surface area contributed by atoms with E-state index in [-0.39, 0.29) is 16.5 Å². The fraction of sp³-hybridized carbons (Fsp3) is 0.143. The maximum atomic E-state index is 12.4. The van der Waals surface area contributed by atoms with Gasteiger partial charge in [-0.25, -0.2) is 8.42 Å². The molecule has 0 atom stereocenters. The van der Waals surface area contributed by atoms with Gasteiger partial charge in [-0.3, -0.25) is 4.72 Å². The fourth-order valence-corrected chi connectivity index (χ4v) is 3.68. The maximum absolute atomic E-state index is 12.4. The monoisotopic (exact) mass is 345 g/mol. The van der Waals surface area contributed by atoms with Crippen LogP contribution in [0.5, 0.6) is 0 Å². The van der Waals surface area contributed by atoms with Crippen molar-refractivity contribution >= 4 is 38.9 Å². The second-order valence-electron chi connectivity index (χ2n) is 4.46. The van der Waals surface area contributed by atoms with Crippen LogP contribution in [0.15, 0.2) is 41.3 Å². The Morgan fingerprint density at radius 1 is 1.10 bits per heavy atom. The second-order valence-corrected chi connectivity index (χ2v) is 6.98. The van der Waals surface area contributed by atoms with Crippen molar-refractivity contribution in [1.29, 1.82) is 0 Å². The van der Waals surface area contributed by atoms with Gasteiger partial charge in [0.2, 0.25) is 0 Å². The fourth-order valence-electron chi connectivity index (χ4n) is 1.88. The number of halogens is 2. The van der Waals surface area contributed by atoms with Gasteiger partial charge in [0.1, 0.15) is 0 Å². The number of rotatable bonds is 4. The van der Waals surface area contributed by atoms with E-state index in [1.165, 1.54) is 12.1 Å². The molecule has 112 valence electrons. The molecular weight excluding hydrogens is 333 g/mol. The molecule has 0 spiro atoms. The molecule has 0 bridgehead atoms. The van der Waals surface area contributed by atoms with Crippen molar-refractivity contribution in [1.82, 2.24) is 0 Å². The van der Waals surface area contributed by atoms with Crippen LogP contribution in [0.3, 0.4) is 0 Å². The molecule has 0 heterocycles. The average molecular weight is 346 g/mol. The van der Waals surface area contributed by atoms with Crippen LogP contribution in [0.25, 0.3) is 0 Å². The summed E-state index contributed by atoms with van der Waals surface area (Å²) in [6.45, 7) is 1.34. The van der Waals surface area contributed by atoms with E-state index in [2.05, 4.69) is 4.72 Å². The van der Waals surface area contributed by atoms with Gasteiger partial charge in [0.15, 0.2) is 0 Å². The Hall–Kier alpha value is -1.27. The van der Waals surface area contributed by atoms with Gasteiger partial charge in [0.25, 0.3) is 10.0 Å². The van der Waals surface area contributed by atoms with E-state index in [0.29, 0.717) is 21.8 Å². The van der Waals surface area contributed by atoms with Crippen LogP contribution in [0, 0.1) is 6.92 Å². The molecule has 2 N–H and O–H groups in total. The highest BCUT2D eigenvalue weighted by Gasteiger charge is 2.19. The van der Waals surface area contributed by atoms with Crippen molar-refractivity contribution in [3.05, 3.63) is 57.6 Å². The van der Waals surface area contributed by atoms with Crippen molar-refractivity contribution in [3.8, 4) is 0 Å². The first-order valence-corrected chi connectivity index (χ1v) is 8.25. The van der Waals surface area contributed by atoms with Crippen LogP contribution in [0.1, 0.15) is 11.1 Å². The third-order valence-corrected chi connectivity index (χ3v) is 4.97. The molecule has 0 radical (unpaired) electrons. The lowest BCUT2D eigenvalue weighted by molar-refractivity contribution is 0.280. The topological polar surface area (TPSA) is 66.4 Å². The van der Waals surface area contributed by atoms with E-state index in [1.54, 1.807) is 31.2 Å². The van der Waals surface area contributed by atoms with Gasteiger partial charge >= 0.3 is 0 Å². The molecule has 0 aliphatic heterocycles. The lowest BCUT2D eigenvalue weighted by atomic mass is 10.1. The van der Waals surface area contributed by atoms with E-state index in [9.17, 15) is 13.5 Å². The Kier molecular flexibility index (Phi) is 4.78. The molecule has 2 aromatic rings. The Labute approximate surface area is 133 Å². The van der Waals surface area contributed by atoms with Gasteiger partial charge in [0, 0.05) is 15.7 Å². The SMILES string of the molecule is Cc1c(CO)cc(Cl)cc1S(=O)(=O)Nc1ccc(Cl)cc1. The molecule has 0 saturated heterocycles. The van der Waals surface area contributed by atoms with E-state index in [4.69, 9.17) is 23.2 Å². The van der Waals surface area contributed by atoms with Crippen molar-refractivity contribution in [2.75, 3.05) is 4.72 Å². The van der Waals surface area contributed by atoms with Gasteiger partial charge in [-0.1, -0.05) is 23.2 Å². The third-order valence-electron chi connectivity index (χ3n) is 2.99. The summed E-state index contributed by atoms with van der Waals surface area (Å²) in [6, 6.07) is 9.19. The minimum Gasteiger partial charge on any atom is -0.392 e. The van der Waals surface area contributed by atoms with Gasteiger partial charge in [-0.2, -0.15) is 0 Å². The van der Waals surface area contributed by atoms with E-state index in [1.807, 2.05) is 0 Å². The van der Waals surface area contributed by atoms with Gasteiger partial charge < -0.3 is 5.11 Å². The highest BCUT2D eigenvalue weighted by molar-refractivity contribution is 7.92. The zero-order valence-electron chi connectivity index (χ0n) is 11.1. The molecule has 4 nitrogen and oxygen atoms in total. The number of hydrogen-bond donors (Lipinski definition) is 2. The summed E-state index contributed by atoms with van der Waals surface area (Å²) in [4.78, 5) is 0.0361. The summed E-state index contributed by atoms with van der Waals surface area (Å²) < 4.78 is 27.3. The number of anilines is 1. The Morgan fingerprint density at radius 3 is 2.29 bits per heavy atom. The lowest BCUT2D eigenvalue weighted by Crippen LogP contribution is -2.15. The van der Waals surface area contributed by atoms with Crippen molar-refractivity contribution in [3.63, 3.8) is 0 Å². The highest BCUT2D eigenvalue weighted by atomic mass is 35.5. The van der Waals surface area contributed by atoms with Crippen molar-refractivity contribution in [2.45, 2.75) is 18.4 Å². The molecule has 0 unspecified atom stereocenters. The minimum atomic E-state index is -3.80. The van der Waals surface area contributed by atoms with E-state index >= 15 is 0 Å². The average Bonchev–Trinajstić information content (AvgIpc) is 2.43. The largest absolute Gasteiger partial charge is 0.392 e. The summed E-state index contributed by atoms with van der Waals surface area (Å²) in [5, 5.41) is 10.0. The maximum Gasteiger partial charge on any atom is 0.262 e. The summed E-state index contributed by atoms with van der Waals surface area (Å²) in [6.07, 6.45) is 0. The Bertz CT molecular complexity index is 759. The number of aliphatic hydroxyl groups excluding tert-OH is 1. The van der Waals surface area contributed by atoms with E-state index < -0.39 is 10.0 Å². The summed E-state index contributed by atoms with van der Waals surface area (Å²) >= 11 is 11.7. The quantitative estimate of drug-likeness (QED) is 0.889. The third kappa shape index (κ3) is 3.68. The first-order valence-electron chi connectivity index (χ1n) is 6.02. The Morgan fingerprint density at radius 2 is 1.71 bits per heavy atom.